The molecule has 7 nitrogen and oxygen atoms in total. The lowest BCUT2D eigenvalue weighted by molar-refractivity contribution is -0.118. The predicted octanol–water partition coefficient (Wildman–Crippen LogP) is 0.829. The molecule has 0 aliphatic rings. The molecule has 0 saturated carbocycles. The zero-order chi connectivity index (χ0) is 15.4. The minimum atomic E-state index is -0.583. The quantitative estimate of drug-likeness (QED) is 0.764. The van der Waals surface area contributed by atoms with Crippen molar-refractivity contribution in [3.05, 3.63) is 29.8 Å². The summed E-state index contributed by atoms with van der Waals surface area (Å²) in [5.41, 5.74) is 12.3. The van der Waals surface area contributed by atoms with Crippen LogP contribution in [0.1, 0.15) is 17.3 Å². The molecule has 0 radical (unpaired) electrons. The highest BCUT2D eigenvalue weighted by Crippen LogP contribution is 2.27. The Morgan fingerprint density at radius 2 is 2.05 bits per heavy atom. The van der Waals surface area contributed by atoms with Gasteiger partial charge >= 0.3 is 0 Å². The second-order valence-electron chi connectivity index (χ2n) is 4.35. The maximum atomic E-state index is 11.2. The fraction of sp³-hybridized carbons (Fsp3) is 0.214. The molecule has 0 bridgehead atoms. The number of anilines is 1. The van der Waals surface area contributed by atoms with E-state index in [0.29, 0.717) is 24.2 Å². The van der Waals surface area contributed by atoms with Gasteiger partial charge in [0.15, 0.2) is 6.29 Å². The molecule has 4 N–H and O–H groups in total. The molecular weight excluding hydrogens is 272 g/mol. The van der Waals surface area contributed by atoms with Crippen LogP contribution in [-0.2, 0) is 11.3 Å². The highest BCUT2D eigenvalue weighted by molar-refractivity contribution is 5.92. The van der Waals surface area contributed by atoms with Gasteiger partial charge < -0.3 is 16.2 Å². The summed E-state index contributed by atoms with van der Waals surface area (Å²) in [5.74, 6) is 0.256. The number of nitrogens with two attached hydrogens (primary N) is 2. The standard InChI is InChI=1S/C14H16N4O3/c1-2-21-10-5-3-9(4-6-10)13-11(8-19)14(16)18(17-13)7-12(15)20/h3-6,8H,2,7,16H2,1H3,(H2,15,20). The minimum absolute atomic E-state index is 0.118. The van der Waals surface area contributed by atoms with Gasteiger partial charge in [0, 0.05) is 5.56 Å². The third kappa shape index (κ3) is 3.02. The fourth-order valence-electron chi connectivity index (χ4n) is 1.96. The molecule has 0 atom stereocenters. The number of nitrogen functional groups attached to an aromatic ring is 1. The summed E-state index contributed by atoms with van der Waals surface area (Å²) in [7, 11) is 0. The van der Waals surface area contributed by atoms with Crippen LogP contribution in [0.2, 0.25) is 0 Å². The topological polar surface area (TPSA) is 113 Å². The second-order valence-corrected chi connectivity index (χ2v) is 4.35. The van der Waals surface area contributed by atoms with Gasteiger partial charge in [-0.05, 0) is 31.2 Å². The van der Waals surface area contributed by atoms with Crippen LogP contribution in [0.5, 0.6) is 5.75 Å². The molecule has 0 aliphatic heterocycles. The number of amides is 1. The van der Waals surface area contributed by atoms with Gasteiger partial charge in [-0.1, -0.05) is 0 Å². The highest BCUT2D eigenvalue weighted by atomic mass is 16.5. The zero-order valence-corrected chi connectivity index (χ0v) is 11.6. The number of primary amides is 1. The van der Waals surface area contributed by atoms with Crippen molar-refractivity contribution in [3.8, 4) is 17.0 Å². The van der Waals surface area contributed by atoms with Crippen LogP contribution in [0.25, 0.3) is 11.3 Å². The Balaban J connectivity index is 2.42. The number of carbonyl (C=O) groups is 2. The number of rotatable bonds is 6. The van der Waals surface area contributed by atoms with Gasteiger partial charge in [0.1, 0.15) is 23.8 Å². The Kier molecular flexibility index (Phi) is 4.22. The van der Waals surface area contributed by atoms with Crippen LogP contribution in [0.4, 0.5) is 5.82 Å². The van der Waals surface area contributed by atoms with Crippen molar-refractivity contribution >= 4 is 18.0 Å². The molecule has 110 valence electrons. The normalized spacial score (nSPS) is 10.3. The molecular formula is C14H16N4O3. The van der Waals surface area contributed by atoms with Crippen LogP contribution in [0.3, 0.4) is 0 Å². The van der Waals surface area contributed by atoms with Crippen molar-refractivity contribution in [2.24, 2.45) is 5.73 Å². The van der Waals surface area contributed by atoms with Crippen LogP contribution >= 0.6 is 0 Å². The lowest BCUT2D eigenvalue weighted by Crippen LogP contribution is -2.20. The molecule has 0 spiro atoms. The number of aldehydes is 1. The summed E-state index contributed by atoms with van der Waals surface area (Å²) in [5, 5.41) is 4.19. The van der Waals surface area contributed by atoms with Crippen LogP contribution in [0, 0.1) is 0 Å². The average molecular weight is 288 g/mol. The minimum Gasteiger partial charge on any atom is -0.494 e. The van der Waals surface area contributed by atoms with Crippen LogP contribution in [-0.4, -0.2) is 28.6 Å². The molecule has 2 rings (SSSR count). The van der Waals surface area contributed by atoms with E-state index < -0.39 is 5.91 Å². The monoisotopic (exact) mass is 288 g/mol. The molecule has 1 aromatic heterocycles. The van der Waals surface area contributed by atoms with E-state index in [2.05, 4.69) is 5.10 Å². The molecule has 0 saturated heterocycles. The Hall–Kier alpha value is -2.83. The first-order valence-electron chi connectivity index (χ1n) is 6.39. The number of benzene rings is 1. The highest BCUT2D eigenvalue weighted by Gasteiger charge is 2.17. The largest absolute Gasteiger partial charge is 0.494 e. The summed E-state index contributed by atoms with van der Waals surface area (Å²) in [6.07, 6.45) is 0.617. The molecule has 2 aromatic rings. The third-order valence-corrected chi connectivity index (χ3v) is 2.89. The number of nitrogens with zero attached hydrogens (tertiary/aromatic N) is 2. The molecule has 1 aromatic carbocycles. The van der Waals surface area contributed by atoms with Crippen molar-refractivity contribution in [1.82, 2.24) is 9.78 Å². The lowest BCUT2D eigenvalue weighted by Gasteiger charge is -2.03. The van der Waals surface area contributed by atoms with Crippen molar-refractivity contribution in [1.29, 1.82) is 0 Å². The van der Waals surface area contributed by atoms with Crippen molar-refractivity contribution in [2.75, 3.05) is 12.3 Å². The molecule has 0 unspecified atom stereocenters. The van der Waals surface area contributed by atoms with Crippen LogP contribution < -0.4 is 16.2 Å². The Morgan fingerprint density at radius 3 is 2.57 bits per heavy atom. The number of aromatic nitrogens is 2. The van der Waals surface area contributed by atoms with Gasteiger partial charge in [0.05, 0.1) is 12.2 Å². The predicted molar refractivity (Wildman–Crippen MR) is 77.8 cm³/mol. The first kappa shape index (κ1) is 14.6. The zero-order valence-electron chi connectivity index (χ0n) is 11.6. The first-order valence-corrected chi connectivity index (χ1v) is 6.39. The van der Waals surface area contributed by atoms with Crippen molar-refractivity contribution in [2.45, 2.75) is 13.5 Å². The van der Waals surface area contributed by atoms with Crippen molar-refractivity contribution < 1.29 is 14.3 Å². The SMILES string of the molecule is CCOc1ccc(-c2nn(CC(N)=O)c(N)c2C=O)cc1. The Bertz CT molecular complexity index is 662. The van der Waals surface area contributed by atoms with E-state index in [1.807, 2.05) is 6.92 Å². The van der Waals surface area contributed by atoms with Gasteiger partial charge in [-0.2, -0.15) is 5.10 Å². The molecule has 7 heteroatoms. The van der Waals surface area contributed by atoms with E-state index in [1.54, 1.807) is 24.3 Å². The average Bonchev–Trinajstić information content (AvgIpc) is 2.76. The number of ether oxygens (including phenoxy) is 1. The van der Waals surface area contributed by atoms with Gasteiger partial charge in [0.2, 0.25) is 5.91 Å². The Morgan fingerprint density at radius 1 is 1.38 bits per heavy atom. The van der Waals surface area contributed by atoms with E-state index in [9.17, 15) is 9.59 Å². The maximum absolute atomic E-state index is 11.2. The third-order valence-electron chi connectivity index (χ3n) is 2.89. The van der Waals surface area contributed by atoms with Crippen LogP contribution in [0.15, 0.2) is 24.3 Å². The Labute approximate surface area is 121 Å². The van der Waals surface area contributed by atoms with E-state index in [1.165, 1.54) is 4.68 Å². The van der Waals surface area contributed by atoms with Gasteiger partial charge in [-0.25, -0.2) is 4.68 Å². The van der Waals surface area contributed by atoms with Crippen molar-refractivity contribution in [3.63, 3.8) is 0 Å². The maximum Gasteiger partial charge on any atom is 0.239 e. The summed E-state index contributed by atoms with van der Waals surface area (Å²) in [4.78, 5) is 22.2. The molecule has 21 heavy (non-hydrogen) atoms. The summed E-state index contributed by atoms with van der Waals surface area (Å²) < 4.78 is 6.57. The van der Waals surface area contributed by atoms with E-state index in [4.69, 9.17) is 16.2 Å². The molecule has 1 amide bonds. The number of carbonyl (C=O) groups excluding carboxylic acids is 2. The molecule has 0 aliphatic carbocycles. The summed E-state index contributed by atoms with van der Waals surface area (Å²) >= 11 is 0. The molecule has 1 heterocycles. The van der Waals surface area contributed by atoms with E-state index >= 15 is 0 Å². The summed E-state index contributed by atoms with van der Waals surface area (Å²) in [6.45, 7) is 2.29. The second kappa shape index (κ2) is 6.08. The smallest absolute Gasteiger partial charge is 0.239 e. The van der Waals surface area contributed by atoms with Gasteiger partial charge in [0.25, 0.3) is 0 Å². The number of hydrogen-bond donors (Lipinski definition) is 2. The summed E-state index contributed by atoms with van der Waals surface area (Å²) in [6, 6.07) is 7.09. The number of hydrogen-bond acceptors (Lipinski definition) is 5. The van der Waals surface area contributed by atoms with Gasteiger partial charge in [-0.15, -0.1) is 0 Å². The van der Waals surface area contributed by atoms with E-state index in [0.717, 1.165) is 5.75 Å². The van der Waals surface area contributed by atoms with Gasteiger partial charge in [-0.3, -0.25) is 9.59 Å². The lowest BCUT2D eigenvalue weighted by atomic mass is 10.1. The first-order chi connectivity index (χ1) is 10.1. The fourth-order valence-corrected chi connectivity index (χ4v) is 1.96. The molecule has 0 fully saturated rings. The van der Waals surface area contributed by atoms with E-state index in [-0.39, 0.29) is 17.9 Å².